The van der Waals surface area contributed by atoms with E-state index in [1.54, 1.807) is 7.11 Å². The lowest BCUT2D eigenvalue weighted by molar-refractivity contribution is -0.118. The second-order valence-electron chi connectivity index (χ2n) is 11.2. The first-order valence-electron chi connectivity index (χ1n) is 11.7. The molecule has 0 heterocycles. The van der Waals surface area contributed by atoms with Crippen LogP contribution >= 0.6 is 27.5 Å². The van der Waals surface area contributed by atoms with Gasteiger partial charge in [0.15, 0.2) is 11.5 Å². The third kappa shape index (κ3) is 4.31. The van der Waals surface area contributed by atoms with E-state index >= 15 is 0 Å². The van der Waals surface area contributed by atoms with Gasteiger partial charge in [-0.25, -0.2) is 0 Å². The van der Waals surface area contributed by atoms with Crippen LogP contribution in [-0.4, -0.2) is 12.6 Å². The predicted octanol–water partition coefficient (Wildman–Crippen LogP) is 7.53. The third-order valence-electron chi connectivity index (χ3n) is 7.95. The summed E-state index contributed by atoms with van der Waals surface area (Å²) in [4.78, 5) is 0. The lowest BCUT2D eigenvalue weighted by atomic mass is 9.43. The maximum Gasteiger partial charge on any atom is 0.167 e. The number of benzene rings is 2. The van der Waals surface area contributed by atoms with Crippen LogP contribution < -0.4 is 14.8 Å². The Morgan fingerprint density at radius 3 is 2.31 bits per heavy atom. The molecule has 2 aromatic carbocycles. The molecule has 2 unspecified atom stereocenters. The van der Waals surface area contributed by atoms with Crippen LogP contribution in [0.15, 0.2) is 40.9 Å². The number of rotatable bonds is 7. The fraction of sp³-hybridized carbons (Fsp3) is 0.556. The summed E-state index contributed by atoms with van der Waals surface area (Å²) in [5, 5.41) is 4.78. The van der Waals surface area contributed by atoms with E-state index in [1.165, 1.54) is 38.5 Å². The van der Waals surface area contributed by atoms with Gasteiger partial charge in [0, 0.05) is 27.1 Å². The monoisotopic (exact) mass is 517 g/mol. The van der Waals surface area contributed by atoms with Crippen LogP contribution in [0.25, 0.3) is 0 Å². The Balaban J connectivity index is 1.38. The van der Waals surface area contributed by atoms with E-state index in [-0.39, 0.29) is 5.54 Å². The molecule has 4 aliphatic carbocycles. The predicted molar refractivity (Wildman–Crippen MR) is 133 cm³/mol. The van der Waals surface area contributed by atoms with E-state index in [2.05, 4.69) is 41.2 Å². The van der Waals surface area contributed by atoms with E-state index in [4.69, 9.17) is 21.1 Å². The Labute approximate surface area is 205 Å². The molecule has 2 aromatic rings. The third-order valence-corrected chi connectivity index (χ3v) is 8.94. The molecule has 0 spiro atoms. The van der Waals surface area contributed by atoms with Gasteiger partial charge in [0.2, 0.25) is 0 Å². The first-order chi connectivity index (χ1) is 15.2. The van der Waals surface area contributed by atoms with E-state index in [9.17, 15) is 0 Å². The number of methoxy groups -OCH3 is 1. The smallest absolute Gasteiger partial charge is 0.167 e. The minimum Gasteiger partial charge on any atom is -0.493 e. The highest BCUT2D eigenvalue weighted by atomic mass is 79.9. The maximum atomic E-state index is 6.34. The summed E-state index contributed by atoms with van der Waals surface area (Å²) < 4.78 is 13.1. The molecule has 0 radical (unpaired) electrons. The SMILES string of the molecule is COc1ccc(Br)c(CNC23CC4CC(C)(CC(C)(C4)C2)C3)c1OCc1ccc(Cl)cc1. The Bertz CT molecular complexity index is 989. The first kappa shape index (κ1) is 22.6. The van der Waals surface area contributed by atoms with E-state index in [1.807, 2.05) is 30.3 Å². The molecule has 3 nitrogen and oxygen atoms in total. The summed E-state index contributed by atoms with van der Waals surface area (Å²) >= 11 is 9.82. The summed E-state index contributed by atoms with van der Waals surface area (Å²) in [6.07, 6.45) is 8.08. The first-order valence-corrected chi connectivity index (χ1v) is 12.9. The van der Waals surface area contributed by atoms with Gasteiger partial charge in [-0.1, -0.05) is 53.5 Å². The van der Waals surface area contributed by atoms with Crippen LogP contribution in [0.5, 0.6) is 11.5 Å². The molecule has 2 atom stereocenters. The molecule has 4 aliphatic rings. The average Bonchev–Trinajstić information content (AvgIpc) is 2.70. The summed E-state index contributed by atoms with van der Waals surface area (Å²) in [5.41, 5.74) is 3.42. The minimum atomic E-state index is 0.235. The molecule has 4 saturated carbocycles. The van der Waals surface area contributed by atoms with Crippen LogP contribution in [0.3, 0.4) is 0 Å². The van der Waals surface area contributed by atoms with E-state index < -0.39 is 0 Å². The molecule has 5 heteroatoms. The molecule has 6 rings (SSSR count). The average molecular weight is 519 g/mol. The molecule has 4 bridgehead atoms. The van der Waals surface area contributed by atoms with Gasteiger partial charge < -0.3 is 14.8 Å². The largest absolute Gasteiger partial charge is 0.493 e. The van der Waals surface area contributed by atoms with Crippen molar-refractivity contribution in [3.8, 4) is 11.5 Å². The van der Waals surface area contributed by atoms with Crippen molar-refractivity contribution in [1.29, 1.82) is 0 Å². The zero-order valence-corrected chi connectivity index (χ0v) is 21.6. The quantitative estimate of drug-likeness (QED) is 0.411. The molecule has 4 fully saturated rings. The van der Waals surface area contributed by atoms with Gasteiger partial charge in [-0.15, -0.1) is 0 Å². The summed E-state index contributed by atoms with van der Waals surface area (Å²) in [6.45, 7) is 6.29. The van der Waals surface area contributed by atoms with Crippen molar-refractivity contribution in [3.63, 3.8) is 0 Å². The highest BCUT2D eigenvalue weighted by Crippen LogP contribution is 2.66. The lowest BCUT2D eigenvalue weighted by Gasteiger charge is -2.65. The van der Waals surface area contributed by atoms with Crippen molar-refractivity contribution in [2.24, 2.45) is 16.7 Å². The van der Waals surface area contributed by atoms with Crippen molar-refractivity contribution >= 4 is 27.5 Å². The van der Waals surface area contributed by atoms with Crippen LogP contribution in [-0.2, 0) is 13.2 Å². The molecule has 0 aromatic heterocycles. The van der Waals surface area contributed by atoms with Gasteiger partial charge in [0.1, 0.15) is 6.61 Å². The summed E-state index contributed by atoms with van der Waals surface area (Å²) in [7, 11) is 1.70. The molecule has 0 aliphatic heterocycles. The fourth-order valence-electron chi connectivity index (χ4n) is 7.72. The van der Waals surface area contributed by atoms with Gasteiger partial charge >= 0.3 is 0 Å². The number of hydrogen-bond acceptors (Lipinski definition) is 3. The Kier molecular flexibility index (Phi) is 5.79. The highest BCUT2D eigenvalue weighted by molar-refractivity contribution is 9.10. The highest BCUT2D eigenvalue weighted by Gasteiger charge is 2.59. The number of ether oxygens (including phenoxy) is 2. The lowest BCUT2D eigenvalue weighted by Crippen LogP contribution is -2.63. The van der Waals surface area contributed by atoms with Crippen LogP contribution in [0.4, 0.5) is 0 Å². The second kappa shape index (κ2) is 8.21. The normalized spacial score (nSPS) is 32.8. The van der Waals surface area contributed by atoms with Crippen molar-refractivity contribution in [2.75, 3.05) is 7.11 Å². The van der Waals surface area contributed by atoms with E-state index in [0.717, 1.165) is 44.6 Å². The van der Waals surface area contributed by atoms with Gasteiger partial charge in [-0.3, -0.25) is 0 Å². The Morgan fingerprint density at radius 2 is 1.69 bits per heavy atom. The molecule has 0 saturated heterocycles. The molecule has 0 amide bonds. The van der Waals surface area contributed by atoms with E-state index in [0.29, 0.717) is 17.4 Å². The maximum absolute atomic E-state index is 6.34. The summed E-state index contributed by atoms with van der Waals surface area (Å²) in [6, 6.07) is 11.8. The zero-order chi connectivity index (χ0) is 22.6. The van der Waals surface area contributed by atoms with Gasteiger partial charge in [0.05, 0.1) is 7.11 Å². The number of halogens is 2. The second-order valence-corrected chi connectivity index (χ2v) is 12.5. The van der Waals surface area contributed by atoms with Gasteiger partial charge in [-0.2, -0.15) is 0 Å². The number of hydrogen-bond donors (Lipinski definition) is 1. The number of nitrogens with one attached hydrogen (secondary N) is 1. The Morgan fingerprint density at radius 1 is 1.00 bits per heavy atom. The molecule has 32 heavy (non-hydrogen) atoms. The van der Waals surface area contributed by atoms with Crippen molar-refractivity contribution < 1.29 is 9.47 Å². The zero-order valence-electron chi connectivity index (χ0n) is 19.3. The minimum absolute atomic E-state index is 0.235. The standard InChI is InChI=1S/C27H33BrClNO2/c1-25-10-19-11-26(2,15-25)17-27(12-19,16-25)30-13-21-22(28)8-9-23(31-3)24(21)32-14-18-4-6-20(29)7-5-18/h4-9,19,30H,10-17H2,1-3H3. The molecule has 1 N–H and O–H groups in total. The van der Waals surface area contributed by atoms with Crippen molar-refractivity contribution in [3.05, 3.63) is 57.0 Å². The fourth-order valence-corrected chi connectivity index (χ4v) is 8.30. The Hall–Kier alpha value is -1.23. The van der Waals surface area contributed by atoms with Crippen molar-refractivity contribution in [1.82, 2.24) is 5.32 Å². The van der Waals surface area contributed by atoms with Crippen LogP contribution in [0.1, 0.15) is 63.5 Å². The van der Waals surface area contributed by atoms with Gasteiger partial charge in [-0.05, 0) is 85.1 Å². The van der Waals surface area contributed by atoms with Gasteiger partial charge in [0.25, 0.3) is 0 Å². The molecule has 172 valence electrons. The molecular formula is C27H33BrClNO2. The van der Waals surface area contributed by atoms with Crippen molar-refractivity contribution in [2.45, 2.75) is 71.1 Å². The van der Waals surface area contributed by atoms with Crippen LogP contribution in [0.2, 0.25) is 5.02 Å². The topological polar surface area (TPSA) is 30.5 Å². The summed E-state index contributed by atoms with van der Waals surface area (Å²) in [5.74, 6) is 2.44. The van der Waals surface area contributed by atoms with Crippen LogP contribution in [0, 0.1) is 16.7 Å². The molecular weight excluding hydrogens is 486 g/mol.